The van der Waals surface area contributed by atoms with E-state index in [2.05, 4.69) is 36.4 Å². The molecule has 7 aromatic carbocycles. The highest BCUT2D eigenvalue weighted by molar-refractivity contribution is 7.96. The van der Waals surface area contributed by atoms with Crippen LogP contribution >= 0.6 is 7.26 Å². The summed E-state index contributed by atoms with van der Waals surface area (Å²) in [6.07, 6.45) is -8.93. The SMILES string of the molecule is FC(F)(F)CN(c1ccccc1)c1ccc(C(c2ccc(N(CC(F)(F)F)c3ccccc3)cc2)[P+](c2ccccc2)(c2ccccc2)c2ccccc2)cc1. The highest BCUT2D eigenvalue weighted by Crippen LogP contribution is 2.69. The minimum atomic E-state index is -4.47. The molecule has 0 fully saturated rings. The number of rotatable bonds is 12. The molecule has 0 aromatic heterocycles. The number of anilines is 4. The van der Waals surface area contributed by atoms with Crippen LogP contribution in [0, 0.1) is 0 Å². The summed E-state index contributed by atoms with van der Waals surface area (Å²) in [7, 11) is -2.76. The highest BCUT2D eigenvalue weighted by atomic mass is 31.2. The second kappa shape index (κ2) is 16.5. The fourth-order valence-electron chi connectivity index (χ4n) is 7.43. The molecule has 7 rings (SSSR count). The standard InChI is InChI=1S/C47H38F6N2P/c48-46(49,50)34-54(38-16-6-1-7-17-38)40-30-26-36(27-31-40)45(37-28-32-41(33-29-37)55(35-47(51,52)53)39-18-8-2-9-19-39)56(42-20-10-3-11-21-42,43-22-12-4-13-23-43)44-24-14-5-15-25-44/h1-33,45H,34-35H2/q+1. The number of hydrogen-bond donors (Lipinski definition) is 0. The van der Waals surface area contributed by atoms with E-state index < -0.39 is 38.4 Å². The lowest BCUT2D eigenvalue weighted by atomic mass is 10.0. The van der Waals surface area contributed by atoms with Crippen LogP contribution in [0.2, 0.25) is 0 Å². The van der Waals surface area contributed by atoms with Crippen LogP contribution in [0.5, 0.6) is 0 Å². The smallest absolute Gasteiger partial charge is 0.332 e. The molecule has 0 amide bonds. The van der Waals surface area contributed by atoms with Crippen molar-refractivity contribution in [2.45, 2.75) is 18.0 Å². The van der Waals surface area contributed by atoms with Gasteiger partial charge in [0.15, 0.2) is 0 Å². The summed E-state index contributed by atoms with van der Waals surface area (Å²) >= 11 is 0. The Hall–Kier alpha value is -5.85. The van der Waals surface area contributed by atoms with Gasteiger partial charge in [0.05, 0.1) is 0 Å². The van der Waals surface area contributed by atoms with E-state index in [9.17, 15) is 26.3 Å². The third kappa shape index (κ3) is 8.51. The van der Waals surface area contributed by atoms with E-state index in [0.29, 0.717) is 22.7 Å². The van der Waals surface area contributed by atoms with Crippen LogP contribution in [-0.2, 0) is 0 Å². The largest absolute Gasteiger partial charge is 0.406 e. The monoisotopic (exact) mass is 775 g/mol. The van der Waals surface area contributed by atoms with Gasteiger partial charge in [-0.15, -0.1) is 0 Å². The van der Waals surface area contributed by atoms with Gasteiger partial charge in [0, 0.05) is 22.7 Å². The van der Waals surface area contributed by atoms with Crippen molar-refractivity contribution >= 4 is 45.9 Å². The maximum atomic E-state index is 14.0. The molecule has 0 spiro atoms. The fraction of sp³-hybridized carbons (Fsp3) is 0.106. The molecule has 0 aliphatic heterocycles. The van der Waals surface area contributed by atoms with Crippen LogP contribution in [0.25, 0.3) is 0 Å². The van der Waals surface area contributed by atoms with E-state index in [-0.39, 0.29) is 0 Å². The first-order valence-corrected chi connectivity index (χ1v) is 19.9. The van der Waals surface area contributed by atoms with Gasteiger partial charge in [-0.25, -0.2) is 0 Å². The van der Waals surface area contributed by atoms with E-state index in [1.54, 1.807) is 84.9 Å². The number of benzene rings is 7. The van der Waals surface area contributed by atoms with Crippen LogP contribution in [0.15, 0.2) is 200 Å². The number of halogens is 6. The van der Waals surface area contributed by atoms with Gasteiger partial charge < -0.3 is 9.80 Å². The molecule has 9 heteroatoms. The Bertz CT molecular complexity index is 2070. The van der Waals surface area contributed by atoms with Crippen LogP contribution < -0.4 is 25.7 Å². The van der Waals surface area contributed by atoms with Crippen molar-refractivity contribution in [2.24, 2.45) is 0 Å². The molecule has 7 aromatic rings. The van der Waals surface area contributed by atoms with E-state index in [0.717, 1.165) is 27.0 Å². The molecule has 0 N–H and O–H groups in total. The van der Waals surface area contributed by atoms with Crippen LogP contribution in [0.3, 0.4) is 0 Å². The van der Waals surface area contributed by atoms with Crippen molar-refractivity contribution in [3.8, 4) is 0 Å². The van der Waals surface area contributed by atoms with Crippen LogP contribution in [-0.4, -0.2) is 25.4 Å². The van der Waals surface area contributed by atoms with Crippen molar-refractivity contribution in [3.63, 3.8) is 0 Å². The Labute approximate surface area is 323 Å². The Kier molecular flexibility index (Phi) is 11.3. The number of hydrogen-bond acceptors (Lipinski definition) is 2. The Morgan fingerprint density at radius 2 is 0.589 bits per heavy atom. The molecule has 0 radical (unpaired) electrons. The fourth-order valence-corrected chi connectivity index (χ4v) is 12.4. The van der Waals surface area contributed by atoms with Gasteiger partial charge in [0.1, 0.15) is 41.9 Å². The van der Waals surface area contributed by atoms with Crippen LogP contribution in [0.4, 0.5) is 49.1 Å². The molecule has 56 heavy (non-hydrogen) atoms. The molecule has 2 nitrogen and oxygen atoms in total. The second-order valence-corrected chi connectivity index (χ2v) is 16.9. The van der Waals surface area contributed by atoms with Crippen molar-refractivity contribution < 1.29 is 26.3 Å². The summed E-state index contributed by atoms with van der Waals surface area (Å²) in [4.78, 5) is 2.50. The molecule has 0 saturated carbocycles. The summed E-state index contributed by atoms with van der Waals surface area (Å²) in [5.74, 6) is 0. The van der Waals surface area contributed by atoms with Crippen molar-refractivity contribution in [1.29, 1.82) is 0 Å². The third-order valence-corrected chi connectivity index (χ3v) is 14.4. The van der Waals surface area contributed by atoms with Crippen molar-refractivity contribution in [3.05, 3.63) is 211 Å². The number of alkyl halides is 6. The van der Waals surface area contributed by atoms with Gasteiger partial charge >= 0.3 is 12.4 Å². The summed E-state index contributed by atoms with van der Waals surface area (Å²) < 4.78 is 84.1. The van der Waals surface area contributed by atoms with Gasteiger partial charge in [-0.3, -0.25) is 0 Å². The molecule has 0 atom stereocenters. The minimum absolute atomic E-state index is 0.375. The molecule has 0 aliphatic carbocycles. The molecule has 0 bridgehead atoms. The summed E-state index contributed by atoms with van der Waals surface area (Å²) in [5.41, 5.74) is 2.86. The average Bonchev–Trinajstić information content (AvgIpc) is 3.22. The van der Waals surface area contributed by atoms with Gasteiger partial charge in [-0.05, 0) is 96.1 Å². The molecule has 0 saturated heterocycles. The van der Waals surface area contributed by atoms with Gasteiger partial charge in [-0.2, -0.15) is 26.3 Å². The third-order valence-electron chi connectivity index (χ3n) is 9.73. The van der Waals surface area contributed by atoms with Crippen molar-refractivity contribution in [2.75, 3.05) is 22.9 Å². The topological polar surface area (TPSA) is 6.48 Å². The van der Waals surface area contributed by atoms with Gasteiger partial charge in [0.2, 0.25) is 0 Å². The minimum Gasteiger partial charge on any atom is -0.332 e. The normalized spacial score (nSPS) is 12.1. The first kappa shape index (κ1) is 38.4. The molecule has 0 unspecified atom stereocenters. The van der Waals surface area contributed by atoms with E-state index >= 15 is 0 Å². The zero-order chi connectivity index (χ0) is 39.2. The van der Waals surface area contributed by atoms with E-state index in [1.165, 1.54) is 9.80 Å². The first-order chi connectivity index (χ1) is 27.0. The molecular formula is C47H38F6N2P+. The van der Waals surface area contributed by atoms with E-state index in [1.807, 2.05) is 78.9 Å². The quantitative estimate of drug-likeness (QED) is 0.0901. The predicted octanol–water partition coefficient (Wildman–Crippen LogP) is 12.2. The summed E-state index contributed by atoms with van der Waals surface area (Å²) in [6.45, 7) is -2.35. The molecule has 282 valence electrons. The number of nitrogens with zero attached hydrogens (tertiary/aromatic N) is 2. The van der Waals surface area contributed by atoms with Gasteiger partial charge in [0.25, 0.3) is 0 Å². The van der Waals surface area contributed by atoms with E-state index in [4.69, 9.17) is 0 Å². The zero-order valence-electron chi connectivity index (χ0n) is 30.2. The lowest BCUT2D eigenvalue weighted by Gasteiger charge is -2.36. The second-order valence-electron chi connectivity index (χ2n) is 13.4. The Morgan fingerprint density at radius 3 is 0.857 bits per heavy atom. The molecule has 0 aliphatic rings. The Morgan fingerprint density at radius 1 is 0.339 bits per heavy atom. The van der Waals surface area contributed by atoms with Crippen molar-refractivity contribution in [1.82, 2.24) is 0 Å². The lowest BCUT2D eigenvalue weighted by Crippen LogP contribution is -2.36. The average molecular weight is 776 g/mol. The molecule has 0 heterocycles. The highest BCUT2D eigenvalue weighted by Gasteiger charge is 2.54. The first-order valence-electron chi connectivity index (χ1n) is 18.1. The predicted molar refractivity (Wildman–Crippen MR) is 219 cm³/mol. The lowest BCUT2D eigenvalue weighted by molar-refractivity contribution is -0.119. The summed E-state index contributed by atoms with van der Waals surface area (Å²) in [6, 6.07) is 62.0. The Balaban J connectivity index is 1.46. The number of para-hydroxylation sites is 2. The maximum Gasteiger partial charge on any atom is 0.406 e. The molecular weight excluding hydrogens is 737 g/mol. The van der Waals surface area contributed by atoms with Crippen LogP contribution in [0.1, 0.15) is 16.8 Å². The summed E-state index contributed by atoms with van der Waals surface area (Å²) in [5, 5.41) is 3.21. The maximum absolute atomic E-state index is 14.0. The van der Waals surface area contributed by atoms with Gasteiger partial charge in [-0.1, -0.05) is 115 Å². The zero-order valence-corrected chi connectivity index (χ0v) is 31.0.